The molecule has 1 N–H and O–H groups in total. The summed E-state index contributed by atoms with van der Waals surface area (Å²) in [7, 11) is 1.60. The molecule has 33 heavy (non-hydrogen) atoms. The number of para-hydroxylation sites is 2. The van der Waals surface area contributed by atoms with E-state index in [-0.39, 0.29) is 24.3 Å². The van der Waals surface area contributed by atoms with E-state index >= 15 is 0 Å². The topological polar surface area (TPSA) is 89.3 Å². The molecule has 0 saturated carbocycles. The first-order chi connectivity index (χ1) is 16.0. The van der Waals surface area contributed by atoms with Gasteiger partial charge in [0, 0.05) is 42.5 Å². The van der Waals surface area contributed by atoms with Crippen LogP contribution < -0.4 is 5.32 Å². The molecule has 0 aliphatic carbocycles. The first-order valence-corrected chi connectivity index (χ1v) is 10.8. The van der Waals surface area contributed by atoms with Crippen molar-refractivity contribution in [3.63, 3.8) is 0 Å². The number of amides is 2. The van der Waals surface area contributed by atoms with Crippen LogP contribution in [-0.2, 0) is 4.79 Å². The van der Waals surface area contributed by atoms with Crippen LogP contribution in [0.3, 0.4) is 0 Å². The number of fused-ring (bicyclic) bond motifs is 1. The molecule has 1 fully saturated rings. The Balaban J connectivity index is 1.43. The highest BCUT2D eigenvalue weighted by atomic mass is 16.2. The highest BCUT2D eigenvalue weighted by Crippen LogP contribution is 2.29. The van der Waals surface area contributed by atoms with Gasteiger partial charge in [-0.05, 0) is 30.7 Å². The zero-order valence-corrected chi connectivity index (χ0v) is 18.4. The molecular weight excluding hydrogens is 414 g/mol. The molecule has 0 radical (unpaired) electrons. The molecule has 1 saturated heterocycles. The molecule has 1 aliphatic heterocycles. The van der Waals surface area contributed by atoms with E-state index in [1.54, 1.807) is 24.2 Å². The smallest absolute Gasteiger partial charge is 0.254 e. The first kappa shape index (κ1) is 22.0. The highest BCUT2D eigenvalue weighted by Gasteiger charge is 2.37. The van der Waals surface area contributed by atoms with Gasteiger partial charge in [-0.15, -0.1) is 0 Å². The van der Waals surface area contributed by atoms with Gasteiger partial charge in [-0.25, -0.2) is 0 Å². The van der Waals surface area contributed by atoms with E-state index in [0.717, 1.165) is 22.3 Å². The van der Waals surface area contributed by atoms with Gasteiger partial charge in [-0.3, -0.25) is 14.6 Å². The Morgan fingerprint density at radius 3 is 2.67 bits per heavy atom. The largest absolute Gasteiger partial charge is 0.359 e. The molecule has 3 aromatic rings. The summed E-state index contributed by atoms with van der Waals surface area (Å²) in [6, 6.07) is 20.4. The average molecular weight is 440 g/mol. The predicted octanol–water partition coefficient (Wildman–Crippen LogP) is 3.67. The van der Waals surface area contributed by atoms with E-state index in [1.165, 1.54) is 4.90 Å². The van der Waals surface area contributed by atoms with Crippen LogP contribution in [0.25, 0.3) is 10.9 Å². The zero-order chi connectivity index (χ0) is 23.4. The summed E-state index contributed by atoms with van der Waals surface area (Å²) in [5.74, 6) is -0.573. The van der Waals surface area contributed by atoms with Crippen molar-refractivity contribution in [1.29, 1.82) is 5.26 Å². The van der Waals surface area contributed by atoms with Crippen LogP contribution in [0.5, 0.6) is 0 Å². The van der Waals surface area contributed by atoms with Gasteiger partial charge >= 0.3 is 0 Å². The summed E-state index contributed by atoms with van der Waals surface area (Å²) in [5, 5.41) is 13.6. The Morgan fingerprint density at radius 2 is 1.91 bits per heavy atom. The molecule has 0 spiro atoms. The molecule has 166 valence electrons. The summed E-state index contributed by atoms with van der Waals surface area (Å²) in [4.78, 5) is 33.4. The molecule has 2 amide bonds. The third-order valence-electron chi connectivity index (χ3n) is 5.94. The third kappa shape index (κ3) is 4.70. The predicted molar refractivity (Wildman–Crippen MR) is 127 cm³/mol. The van der Waals surface area contributed by atoms with E-state index in [2.05, 4.69) is 22.9 Å². The van der Waals surface area contributed by atoms with Gasteiger partial charge in [-0.2, -0.15) is 5.26 Å². The van der Waals surface area contributed by atoms with Gasteiger partial charge in [-0.1, -0.05) is 43.0 Å². The van der Waals surface area contributed by atoms with Crippen LogP contribution in [0.2, 0.25) is 0 Å². The Hall–Kier alpha value is -4.18. The maximum absolute atomic E-state index is 13.1. The summed E-state index contributed by atoms with van der Waals surface area (Å²) in [5.41, 5.74) is 2.90. The number of aromatic nitrogens is 1. The lowest BCUT2D eigenvalue weighted by molar-refractivity contribution is -0.131. The number of benzene rings is 2. The Morgan fingerprint density at radius 1 is 1.18 bits per heavy atom. The number of nitrogens with one attached hydrogen (secondary N) is 1. The molecule has 2 unspecified atom stereocenters. The fourth-order valence-corrected chi connectivity index (χ4v) is 4.15. The zero-order valence-electron chi connectivity index (χ0n) is 18.4. The fourth-order valence-electron chi connectivity index (χ4n) is 4.15. The van der Waals surface area contributed by atoms with Gasteiger partial charge in [0.15, 0.2) is 0 Å². The minimum atomic E-state index is -0.554. The standard InChI is InChI=1S/C26H25N5O2/c1-18(29-20-8-4-3-5-9-20)19-14-21(15-27)31(16-19)25(32)17-30(2)26(33)23-12-13-28-24-11-7-6-10-22(23)24/h3-13,19,21,29H,1,14,16-17H2,2H3. The third-order valence-corrected chi connectivity index (χ3v) is 5.94. The number of nitriles is 1. The number of anilines is 1. The Kier molecular flexibility index (Phi) is 6.36. The molecule has 2 aromatic carbocycles. The number of hydrogen-bond donors (Lipinski definition) is 1. The van der Waals surface area contributed by atoms with E-state index in [9.17, 15) is 14.9 Å². The molecule has 2 atom stereocenters. The number of carbonyl (C=O) groups is 2. The van der Waals surface area contributed by atoms with Gasteiger partial charge < -0.3 is 15.1 Å². The monoisotopic (exact) mass is 439 g/mol. The van der Waals surface area contributed by atoms with Gasteiger partial charge in [0.25, 0.3) is 5.91 Å². The van der Waals surface area contributed by atoms with Crippen LogP contribution in [0.4, 0.5) is 5.69 Å². The van der Waals surface area contributed by atoms with Crippen molar-refractivity contribution >= 4 is 28.4 Å². The van der Waals surface area contributed by atoms with Crippen molar-refractivity contribution in [2.24, 2.45) is 5.92 Å². The van der Waals surface area contributed by atoms with Gasteiger partial charge in [0.2, 0.25) is 5.91 Å². The number of likely N-dealkylation sites (tertiary alicyclic amines) is 1. The number of pyridine rings is 1. The molecule has 7 nitrogen and oxygen atoms in total. The summed E-state index contributed by atoms with van der Waals surface area (Å²) >= 11 is 0. The van der Waals surface area contributed by atoms with E-state index in [1.807, 2.05) is 54.6 Å². The van der Waals surface area contributed by atoms with Crippen molar-refractivity contribution in [3.8, 4) is 6.07 Å². The van der Waals surface area contributed by atoms with Crippen LogP contribution in [0.15, 0.2) is 79.1 Å². The lowest BCUT2D eigenvalue weighted by Crippen LogP contribution is -2.43. The number of rotatable bonds is 6. The average Bonchev–Trinajstić information content (AvgIpc) is 3.29. The fraction of sp³-hybridized carbons (Fsp3) is 0.231. The quantitative estimate of drug-likeness (QED) is 0.633. The number of likely N-dealkylation sites (N-methyl/N-ethyl adjacent to an activating group) is 1. The van der Waals surface area contributed by atoms with Crippen LogP contribution >= 0.6 is 0 Å². The maximum Gasteiger partial charge on any atom is 0.254 e. The molecule has 7 heteroatoms. The molecule has 2 heterocycles. The number of carbonyl (C=O) groups excluding carboxylic acids is 2. The normalized spacial score (nSPS) is 17.4. The van der Waals surface area contributed by atoms with Crippen LogP contribution in [0.1, 0.15) is 16.8 Å². The van der Waals surface area contributed by atoms with E-state index < -0.39 is 6.04 Å². The molecule has 1 aliphatic rings. The van der Waals surface area contributed by atoms with E-state index in [0.29, 0.717) is 18.5 Å². The van der Waals surface area contributed by atoms with Crippen molar-refractivity contribution in [2.45, 2.75) is 12.5 Å². The molecule has 4 rings (SSSR count). The minimum Gasteiger partial charge on any atom is -0.359 e. The number of hydrogen-bond acceptors (Lipinski definition) is 5. The van der Waals surface area contributed by atoms with Crippen molar-refractivity contribution in [1.82, 2.24) is 14.8 Å². The van der Waals surface area contributed by atoms with E-state index in [4.69, 9.17) is 0 Å². The Labute approximate surface area is 192 Å². The van der Waals surface area contributed by atoms with Gasteiger partial charge in [0.05, 0.1) is 23.7 Å². The SMILES string of the molecule is C=C(Nc1ccccc1)C1CC(C#N)N(C(=O)CN(C)C(=O)c2ccnc3ccccc23)C1. The van der Waals surface area contributed by atoms with Gasteiger partial charge in [0.1, 0.15) is 6.04 Å². The first-order valence-electron chi connectivity index (χ1n) is 10.8. The summed E-state index contributed by atoms with van der Waals surface area (Å²) < 4.78 is 0. The summed E-state index contributed by atoms with van der Waals surface area (Å²) in [6.45, 7) is 4.40. The minimum absolute atomic E-state index is 0.0519. The van der Waals surface area contributed by atoms with Crippen molar-refractivity contribution in [3.05, 3.63) is 84.7 Å². The Bertz CT molecular complexity index is 1230. The van der Waals surface area contributed by atoms with Crippen LogP contribution in [-0.4, -0.2) is 52.8 Å². The van der Waals surface area contributed by atoms with Crippen LogP contribution in [0, 0.1) is 17.2 Å². The lowest BCUT2D eigenvalue weighted by atomic mass is 10.0. The second-order valence-corrected chi connectivity index (χ2v) is 8.18. The molecule has 0 bridgehead atoms. The lowest BCUT2D eigenvalue weighted by Gasteiger charge is -2.24. The van der Waals surface area contributed by atoms with Crippen molar-refractivity contribution in [2.75, 3.05) is 25.5 Å². The highest BCUT2D eigenvalue weighted by molar-refractivity contribution is 6.06. The van der Waals surface area contributed by atoms with Crippen molar-refractivity contribution < 1.29 is 9.59 Å². The second-order valence-electron chi connectivity index (χ2n) is 8.18. The number of nitrogens with zero attached hydrogens (tertiary/aromatic N) is 4. The second kappa shape index (κ2) is 9.53. The summed E-state index contributed by atoms with van der Waals surface area (Å²) in [6.07, 6.45) is 2.10. The molecular formula is C26H25N5O2. The molecule has 1 aromatic heterocycles. The maximum atomic E-state index is 13.1.